The molecule has 0 unspecified atom stereocenters. The minimum atomic E-state index is -0.106. The number of aromatic nitrogens is 1. The molecule has 0 aliphatic carbocycles. The molecule has 1 aromatic heterocycles. The molecule has 2 radical (unpaired) electrons. The first kappa shape index (κ1) is 13.8. The Morgan fingerprint density at radius 1 is 1.38 bits per heavy atom. The van der Waals surface area contributed by atoms with Crippen molar-refractivity contribution in [3.63, 3.8) is 0 Å². The molecule has 2 heterocycles. The van der Waals surface area contributed by atoms with Crippen LogP contribution in [0.1, 0.15) is 5.69 Å². The van der Waals surface area contributed by atoms with Crippen LogP contribution in [0.15, 0.2) is 36.8 Å². The number of rotatable bonds is 2. The second-order valence-corrected chi connectivity index (χ2v) is 5.36. The monoisotopic (exact) mass is 349 g/mol. The van der Waals surface area contributed by atoms with E-state index in [1.165, 1.54) is 0 Å². The second-order valence-electron chi connectivity index (χ2n) is 3.00. The van der Waals surface area contributed by atoms with E-state index in [0.717, 1.165) is 12.2 Å². The Morgan fingerprint density at radius 2 is 2.12 bits per heavy atom. The molecule has 0 saturated heterocycles. The van der Waals surface area contributed by atoms with Gasteiger partial charge < -0.3 is 9.80 Å². The van der Waals surface area contributed by atoms with Crippen molar-refractivity contribution in [1.82, 2.24) is 14.8 Å². The summed E-state index contributed by atoms with van der Waals surface area (Å²) in [6.45, 7) is 3.90. The average molecular weight is 351 g/mol. The van der Waals surface area contributed by atoms with Crippen molar-refractivity contribution in [2.24, 2.45) is 0 Å². The van der Waals surface area contributed by atoms with Crippen molar-refractivity contribution in [1.29, 1.82) is 0 Å². The van der Waals surface area contributed by atoms with Gasteiger partial charge in [-0.25, -0.2) is 0 Å². The van der Waals surface area contributed by atoms with E-state index >= 15 is 0 Å². The fourth-order valence-electron chi connectivity index (χ4n) is 1.20. The second kappa shape index (κ2) is 7.92. The maximum absolute atomic E-state index is 4.81. The zero-order chi connectivity index (χ0) is 11.8. The average Bonchev–Trinajstić information content (AvgIpc) is 2.67. The standard InChI is InChI=1S/C10H11N3.2ClH.Pd/c1-12-6-7-13(9-12)8-10-4-2-3-5-11-10;;;/h2-7H,8H2,1H3;2*1H;/q;;;+2/p-2. The van der Waals surface area contributed by atoms with Gasteiger partial charge in [-0.05, 0) is 12.1 Å². The number of halogens is 2. The Kier molecular flexibility index (Phi) is 6.83. The molecule has 1 aromatic rings. The predicted octanol–water partition coefficient (Wildman–Crippen LogP) is 2.67. The molecule has 90 valence electrons. The van der Waals surface area contributed by atoms with Crippen molar-refractivity contribution < 1.29 is 15.9 Å². The van der Waals surface area contributed by atoms with Crippen LogP contribution in [0.5, 0.6) is 0 Å². The van der Waals surface area contributed by atoms with Crippen molar-refractivity contribution in [2.45, 2.75) is 6.54 Å². The van der Waals surface area contributed by atoms with Gasteiger partial charge in [-0.2, -0.15) is 0 Å². The Hall–Kier alpha value is -0.268. The molecule has 0 fully saturated rings. The zero-order valence-corrected chi connectivity index (χ0v) is 11.7. The number of hydrogen-bond donors (Lipinski definition) is 0. The van der Waals surface area contributed by atoms with E-state index in [0.29, 0.717) is 0 Å². The van der Waals surface area contributed by atoms with Gasteiger partial charge in [-0.15, -0.1) is 0 Å². The normalized spacial score (nSPS) is 13.9. The van der Waals surface area contributed by atoms with Gasteiger partial charge in [0, 0.05) is 25.6 Å². The van der Waals surface area contributed by atoms with Crippen molar-refractivity contribution in [3.05, 3.63) is 49.2 Å². The van der Waals surface area contributed by atoms with Gasteiger partial charge in [0.1, 0.15) is 0 Å². The molecule has 0 saturated carbocycles. The van der Waals surface area contributed by atoms with E-state index < -0.39 is 0 Å². The van der Waals surface area contributed by atoms with Crippen LogP contribution in [0, 0.1) is 6.67 Å². The first-order chi connectivity index (χ1) is 7.76. The molecular formula is C10H11Cl2N3Pd. The van der Waals surface area contributed by atoms with Crippen LogP contribution in [0.25, 0.3) is 0 Å². The summed E-state index contributed by atoms with van der Waals surface area (Å²) in [5, 5.41) is 0. The van der Waals surface area contributed by atoms with Gasteiger partial charge >= 0.3 is 35.0 Å². The molecule has 0 amide bonds. The SMILES string of the molecule is CN1[C]N(Cc2ccccn2)C=C1.[Cl][Pd][Cl]. The van der Waals surface area contributed by atoms with Gasteiger partial charge in [-0.1, -0.05) is 6.07 Å². The molecule has 0 bridgehead atoms. The summed E-state index contributed by atoms with van der Waals surface area (Å²) in [7, 11) is 11.6. The van der Waals surface area contributed by atoms with Gasteiger partial charge in [0.05, 0.1) is 12.2 Å². The van der Waals surface area contributed by atoms with Crippen molar-refractivity contribution >= 4 is 19.1 Å². The van der Waals surface area contributed by atoms with E-state index in [1.54, 1.807) is 6.20 Å². The van der Waals surface area contributed by atoms with E-state index in [2.05, 4.69) is 11.7 Å². The number of nitrogens with zero attached hydrogens (tertiary/aromatic N) is 3. The van der Waals surface area contributed by atoms with Crippen LogP contribution in [0.4, 0.5) is 0 Å². The first-order valence-electron chi connectivity index (χ1n) is 4.42. The fourth-order valence-corrected chi connectivity index (χ4v) is 1.20. The van der Waals surface area contributed by atoms with Crippen molar-refractivity contribution in [2.75, 3.05) is 7.05 Å². The van der Waals surface area contributed by atoms with Gasteiger partial charge in [0.2, 0.25) is 6.67 Å². The molecule has 0 spiro atoms. The molecule has 0 atom stereocenters. The van der Waals surface area contributed by atoms with E-state index in [4.69, 9.17) is 19.1 Å². The summed E-state index contributed by atoms with van der Waals surface area (Å²) in [6.07, 6.45) is 5.75. The molecule has 1 aliphatic heterocycles. The summed E-state index contributed by atoms with van der Waals surface area (Å²) < 4.78 is 0. The third kappa shape index (κ3) is 5.18. The Balaban J connectivity index is 0.000000386. The van der Waals surface area contributed by atoms with Crippen LogP contribution in [0.3, 0.4) is 0 Å². The quantitative estimate of drug-likeness (QED) is 0.765. The van der Waals surface area contributed by atoms with E-state index in [9.17, 15) is 0 Å². The zero-order valence-electron chi connectivity index (χ0n) is 8.59. The minimum absolute atomic E-state index is 0.106. The number of hydrogen-bond acceptors (Lipinski definition) is 3. The number of pyridine rings is 1. The molecule has 2 rings (SSSR count). The Morgan fingerprint density at radius 3 is 2.62 bits per heavy atom. The molecule has 6 heteroatoms. The van der Waals surface area contributed by atoms with Gasteiger partial charge in [0.15, 0.2) is 0 Å². The third-order valence-electron chi connectivity index (χ3n) is 1.81. The van der Waals surface area contributed by atoms with Crippen LogP contribution < -0.4 is 0 Å². The van der Waals surface area contributed by atoms with Crippen LogP contribution in [0.2, 0.25) is 0 Å². The molecule has 1 aliphatic rings. The van der Waals surface area contributed by atoms with E-state index in [1.807, 2.05) is 47.4 Å². The Labute approximate surface area is 112 Å². The van der Waals surface area contributed by atoms with E-state index in [-0.39, 0.29) is 15.9 Å². The molecule has 0 aromatic carbocycles. The topological polar surface area (TPSA) is 19.4 Å². The van der Waals surface area contributed by atoms with Gasteiger partial charge in [0.25, 0.3) is 0 Å². The summed E-state index contributed by atoms with van der Waals surface area (Å²) in [5.74, 6) is 0. The van der Waals surface area contributed by atoms with Crippen LogP contribution >= 0.6 is 19.1 Å². The fraction of sp³-hybridized carbons (Fsp3) is 0.200. The molecule has 3 nitrogen and oxygen atoms in total. The van der Waals surface area contributed by atoms with Gasteiger partial charge in [-0.3, -0.25) is 4.98 Å². The Bertz CT molecular complexity index is 321. The predicted molar refractivity (Wildman–Crippen MR) is 61.6 cm³/mol. The molecule has 0 N–H and O–H groups in total. The van der Waals surface area contributed by atoms with Crippen molar-refractivity contribution in [3.8, 4) is 0 Å². The molecule has 16 heavy (non-hydrogen) atoms. The van der Waals surface area contributed by atoms with Crippen LogP contribution in [-0.4, -0.2) is 21.8 Å². The molecular weight excluding hydrogens is 339 g/mol. The summed E-state index contributed by atoms with van der Waals surface area (Å²) in [5.41, 5.74) is 1.05. The summed E-state index contributed by atoms with van der Waals surface area (Å²) in [4.78, 5) is 8.10. The maximum atomic E-state index is 4.81. The summed E-state index contributed by atoms with van der Waals surface area (Å²) in [6, 6.07) is 5.92. The van der Waals surface area contributed by atoms with Crippen LogP contribution in [-0.2, 0) is 22.5 Å². The third-order valence-corrected chi connectivity index (χ3v) is 1.81. The first-order valence-corrected chi connectivity index (χ1v) is 8.43. The summed E-state index contributed by atoms with van der Waals surface area (Å²) >= 11 is -0.106.